The van der Waals surface area contributed by atoms with E-state index >= 15 is 0 Å². The van der Waals surface area contributed by atoms with Crippen molar-refractivity contribution in [2.45, 2.75) is 0 Å². The zero-order valence-corrected chi connectivity index (χ0v) is 13.5. The van der Waals surface area contributed by atoms with Crippen molar-refractivity contribution in [1.29, 1.82) is 0 Å². The SMILES string of the molecule is COCCO.NCCNCCNCCNCCNCCN. The highest BCUT2D eigenvalue weighted by Gasteiger charge is 1.89. The molecule has 21 heavy (non-hydrogen) atoms. The fourth-order valence-corrected chi connectivity index (χ4v) is 1.33. The lowest BCUT2D eigenvalue weighted by Gasteiger charge is -2.07. The standard InChI is InChI=1S/C10H28N6.C3H8O2/c11-1-3-13-5-7-15-9-10-16-8-6-14-4-2-12;1-5-3-2-4/h13-16H,1-12H2;4H,2-3H2,1H3. The Balaban J connectivity index is 0. The van der Waals surface area contributed by atoms with Gasteiger partial charge in [-0.2, -0.15) is 0 Å². The van der Waals surface area contributed by atoms with E-state index in [1.54, 1.807) is 7.11 Å². The van der Waals surface area contributed by atoms with Crippen LogP contribution >= 0.6 is 0 Å². The molecule has 0 aromatic carbocycles. The van der Waals surface area contributed by atoms with Gasteiger partial charge in [0.05, 0.1) is 13.2 Å². The summed E-state index contributed by atoms with van der Waals surface area (Å²) in [5, 5.41) is 21.1. The summed E-state index contributed by atoms with van der Waals surface area (Å²) in [6.45, 7) is 9.72. The monoisotopic (exact) mass is 308 g/mol. The molecule has 8 heteroatoms. The van der Waals surface area contributed by atoms with Crippen molar-refractivity contribution in [1.82, 2.24) is 21.3 Å². The molecule has 9 N–H and O–H groups in total. The van der Waals surface area contributed by atoms with Gasteiger partial charge in [0.1, 0.15) is 0 Å². The Morgan fingerprint density at radius 1 is 0.714 bits per heavy atom. The van der Waals surface area contributed by atoms with Crippen LogP contribution < -0.4 is 32.7 Å². The quantitative estimate of drug-likeness (QED) is 0.158. The third-order valence-electron chi connectivity index (χ3n) is 2.37. The van der Waals surface area contributed by atoms with Gasteiger partial charge in [0.2, 0.25) is 0 Å². The van der Waals surface area contributed by atoms with Gasteiger partial charge in [-0.3, -0.25) is 0 Å². The van der Waals surface area contributed by atoms with E-state index in [-0.39, 0.29) is 6.61 Å². The molecule has 0 aromatic rings. The Bertz CT molecular complexity index is 150. The van der Waals surface area contributed by atoms with Crippen LogP contribution in [0.5, 0.6) is 0 Å². The fraction of sp³-hybridized carbons (Fsp3) is 1.00. The van der Waals surface area contributed by atoms with Crippen LogP contribution in [0.3, 0.4) is 0 Å². The van der Waals surface area contributed by atoms with Crippen molar-refractivity contribution in [3.8, 4) is 0 Å². The zero-order chi connectivity index (χ0) is 16.0. The van der Waals surface area contributed by atoms with Crippen LogP contribution in [0.1, 0.15) is 0 Å². The van der Waals surface area contributed by atoms with Crippen LogP contribution in [0.4, 0.5) is 0 Å². The molecule has 0 atom stereocenters. The molecule has 0 fully saturated rings. The van der Waals surface area contributed by atoms with Gasteiger partial charge < -0.3 is 42.6 Å². The van der Waals surface area contributed by atoms with E-state index in [0.717, 1.165) is 52.4 Å². The average Bonchev–Trinajstić information content (AvgIpc) is 2.50. The molecule has 0 rings (SSSR count). The maximum atomic E-state index is 7.94. The summed E-state index contributed by atoms with van der Waals surface area (Å²) in [5.41, 5.74) is 10.7. The number of ether oxygens (including phenoxy) is 1. The number of aliphatic hydroxyl groups is 1. The van der Waals surface area contributed by atoms with E-state index in [1.165, 1.54) is 0 Å². The largest absolute Gasteiger partial charge is 0.394 e. The molecule has 0 aliphatic heterocycles. The maximum Gasteiger partial charge on any atom is 0.0693 e. The van der Waals surface area contributed by atoms with Crippen molar-refractivity contribution < 1.29 is 9.84 Å². The Labute approximate surface area is 129 Å². The molecular weight excluding hydrogens is 272 g/mol. The van der Waals surface area contributed by atoms with Crippen LogP contribution in [0, 0.1) is 0 Å². The predicted molar refractivity (Wildman–Crippen MR) is 88.5 cm³/mol. The minimum atomic E-state index is 0.122. The van der Waals surface area contributed by atoms with Crippen LogP contribution in [0.2, 0.25) is 0 Å². The van der Waals surface area contributed by atoms with Gasteiger partial charge >= 0.3 is 0 Å². The summed E-state index contributed by atoms with van der Waals surface area (Å²) in [4.78, 5) is 0. The minimum Gasteiger partial charge on any atom is -0.394 e. The first-order valence-electron chi connectivity index (χ1n) is 7.66. The van der Waals surface area contributed by atoms with Gasteiger partial charge in [-0.25, -0.2) is 0 Å². The van der Waals surface area contributed by atoms with Crippen LogP contribution in [0.25, 0.3) is 0 Å². The molecule has 130 valence electrons. The zero-order valence-electron chi connectivity index (χ0n) is 13.5. The highest BCUT2D eigenvalue weighted by atomic mass is 16.5. The van der Waals surface area contributed by atoms with E-state index < -0.39 is 0 Å². The third kappa shape index (κ3) is 28.5. The number of hydrogen-bond donors (Lipinski definition) is 7. The first-order chi connectivity index (χ1) is 10.3. The lowest BCUT2D eigenvalue weighted by molar-refractivity contribution is 0.135. The molecule has 0 saturated heterocycles. The van der Waals surface area contributed by atoms with Gasteiger partial charge in [-0.1, -0.05) is 0 Å². The number of nitrogens with two attached hydrogens (primary N) is 2. The summed E-state index contributed by atoms with van der Waals surface area (Å²) < 4.78 is 4.44. The molecule has 8 nitrogen and oxygen atoms in total. The van der Waals surface area contributed by atoms with Gasteiger partial charge in [-0.15, -0.1) is 0 Å². The van der Waals surface area contributed by atoms with E-state index in [2.05, 4.69) is 26.0 Å². The number of hydrogen-bond acceptors (Lipinski definition) is 8. The lowest BCUT2D eigenvalue weighted by Crippen LogP contribution is -2.36. The Morgan fingerprint density at radius 3 is 1.24 bits per heavy atom. The smallest absolute Gasteiger partial charge is 0.0693 e. The second-order valence-corrected chi connectivity index (χ2v) is 4.29. The summed E-state index contributed by atoms with van der Waals surface area (Å²) >= 11 is 0. The highest BCUT2D eigenvalue weighted by Crippen LogP contribution is 1.62. The molecule has 0 aromatic heterocycles. The first-order valence-corrected chi connectivity index (χ1v) is 7.66. The van der Waals surface area contributed by atoms with E-state index in [9.17, 15) is 0 Å². The number of nitrogens with one attached hydrogen (secondary N) is 4. The number of rotatable bonds is 15. The van der Waals surface area contributed by atoms with E-state index in [4.69, 9.17) is 16.6 Å². The fourth-order valence-electron chi connectivity index (χ4n) is 1.33. The van der Waals surface area contributed by atoms with E-state index in [1.807, 2.05) is 0 Å². The third-order valence-corrected chi connectivity index (χ3v) is 2.37. The molecule has 0 aliphatic carbocycles. The van der Waals surface area contributed by atoms with Crippen LogP contribution in [-0.4, -0.2) is 90.9 Å². The van der Waals surface area contributed by atoms with Crippen molar-refractivity contribution >= 4 is 0 Å². The normalized spacial score (nSPS) is 10.3. The van der Waals surface area contributed by atoms with Crippen LogP contribution in [0.15, 0.2) is 0 Å². The molecule has 0 bridgehead atoms. The van der Waals surface area contributed by atoms with Crippen molar-refractivity contribution in [2.24, 2.45) is 11.5 Å². The Kier molecular flexibility index (Phi) is 27.0. The highest BCUT2D eigenvalue weighted by molar-refractivity contribution is 4.56. The summed E-state index contributed by atoms with van der Waals surface area (Å²) in [5.74, 6) is 0. The van der Waals surface area contributed by atoms with Gasteiger partial charge in [-0.05, 0) is 0 Å². The Hall–Kier alpha value is -0.320. The van der Waals surface area contributed by atoms with Crippen molar-refractivity contribution in [2.75, 3.05) is 85.8 Å². The predicted octanol–water partition coefficient (Wildman–Crippen LogP) is -3.11. The maximum absolute atomic E-state index is 7.94. The minimum absolute atomic E-state index is 0.122. The molecule has 0 spiro atoms. The summed E-state index contributed by atoms with van der Waals surface area (Å²) in [6, 6.07) is 0. The average molecular weight is 308 g/mol. The molecule has 0 amide bonds. The number of aliphatic hydroxyl groups excluding tert-OH is 1. The Morgan fingerprint density at radius 2 is 1.05 bits per heavy atom. The topological polar surface area (TPSA) is 130 Å². The first kappa shape index (κ1) is 23.0. The number of methoxy groups -OCH3 is 1. The second kappa shape index (κ2) is 24.7. The lowest BCUT2D eigenvalue weighted by atomic mass is 10.5. The van der Waals surface area contributed by atoms with E-state index in [0.29, 0.717) is 19.7 Å². The van der Waals surface area contributed by atoms with Gasteiger partial charge in [0.25, 0.3) is 0 Å². The molecule has 0 unspecified atom stereocenters. The molecule has 0 aliphatic rings. The molecule has 0 saturated carbocycles. The molecule has 0 heterocycles. The molecule has 0 radical (unpaired) electrons. The van der Waals surface area contributed by atoms with Crippen LogP contribution in [-0.2, 0) is 4.74 Å². The summed E-state index contributed by atoms with van der Waals surface area (Å²) in [7, 11) is 1.55. The van der Waals surface area contributed by atoms with Gasteiger partial charge in [0, 0.05) is 72.6 Å². The van der Waals surface area contributed by atoms with Crippen molar-refractivity contribution in [3.63, 3.8) is 0 Å². The van der Waals surface area contributed by atoms with Crippen molar-refractivity contribution in [3.05, 3.63) is 0 Å². The van der Waals surface area contributed by atoms with Gasteiger partial charge in [0.15, 0.2) is 0 Å². The summed E-state index contributed by atoms with van der Waals surface area (Å²) in [6.07, 6.45) is 0. The molecular formula is C13H36N6O2. The second-order valence-electron chi connectivity index (χ2n) is 4.29.